The number of rotatable bonds is 9. The molecule has 0 bridgehead atoms. The summed E-state index contributed by atoms with van der Waals surface area (Å²) in [4.78, 5) is 15.1. The van der Waals surface area contributed by atoms with Crippen molar-refractivity contribution in [2.45, 2.75) is 30.7 Å². The van der Waals surface area contributed by atoms with Gasteiger partial charge in [-0.2, -0.15) is 22.0 Å². The molecule has 3 aromatic carbocycles. The Hall–Kier alpha value is -5.58. The number of hydrogen-bond acceptors (Lipinski definition) is 8. The highest BCUT2D eigenvalue weighted by atomic mass is 19.4. The summed E-state index contributed by atoms with van der Waals surface area (Å²) < 4.78 is 99.9. The van der Waals surface area contributed by atoms with E-state index in [2.05, 4.69) is 40.3 Å². The molecule has 0 amide bonds. The molecular formula is C34H28F7N9O. The van der Waals surface area contributed by atoms with E-state index in [-0.39, 0.29) is 5.82 Å². The van der Waals surface area contributed by atoms with Gasteiger partial charge in [-0.15, -0.1) is 5.10 Å². The minimum Gasteiger partial charge on any atom is -0.377 e. The van der Waals surface area contributed by atoms with Gasteiger partial charge >= 0.3 is 12.1 Å². The number of benzene rings is 3. The van der Waals surface area contributed by atoms with E-state index in [0.717, 1.165) is 40.6 Å². The smallest absolute Gasteiger partial charge is 0.377 e. The maximum atomic E-state index is 16.1. The fourth-order valence-electron chi connectivity index (χ4n) is 6.24. The summed E-state index contributed by atoms with van der Waals surface area (Å²) in [5, 5.41) is 21.7. The van der Waals surface area contributed by atoms with Crippen molar-refractivity contribution in [3.63, 3.8) is 0 Å². The first-order valence-corrected chi connectivity index (χ1v) is 15.7. The zero-order valence-electron chi connectivity index (χ0n) is 26.5. The molecule has 0 spiro atoms. The van der Waals surface area contributed by atoms with Crippen molar-refractivity contribution in [1.29, 1.82) is 0 Å². The van der Waals surface area contributed by atoms with Gasteiger partial charge in [0.25, 0.3) is 0 Å². The number of aromatic nitrogens is 7. The number of nitrogens with one attached hydrogen (secondary N) is 1. The lowest BCUT2D eigenvalue weighted by Crippen LogP contribution is -2.48. The van der Waals surface area contributed by atoms with Gasteiger partial charge in [-0.25, -0.2) is 18.4 Å². The van der Waals surface area contributed by atoms with Crippen molar-refractivity contribution in [3.05, 3.63) is 114 Å². The Labute approximate surface area is 285 Å². The predicted molar refractivity (Wildman–Crippen MR) is 172 cm³/mol. The lowest BCUT2D eigenvalue weighted by Gasteiger charge is -2.37. The number of aliphatic hydroxyl groups is 1. The van der Waals surface area contributed by atoms with Crippen LogP contribution in [0.2, 0.25) is 0 Å². The Morgan fingerprint density at radius 2 is 1.47 bits per heavy atom. The first-order chi connectivity index (χ1) is 24.3. The molecule has 0 radical (unpaired) electrons. The van der Waals surface area contributed by atoms with Crippen LogP contribution < -0.4 is 9.80 Å². The molecule has 3 aromatic heterocycles. The fourth-order valence-corrected chi connectivity index (χ4v) is 6.24. The molecule has 6 aromatic rings. The third kappa shape index (κ3) is 6.80. The maximum Gasteiger partial charge on any atom is 0.396 e. The molecule has 1 unspecified atom stereocenters. The van der Waals surface area contributed by atoms with E-state index in [1.165, 1.54) is 12.3 Å². The van der Waals surface area contributed by atoms with Crippen LogP contribution in [0.15, 0.2) is 85.3 Å². The number of pyridine rings is 1. The zero-order chi connectivity index (χ0) is 36.0. The molecule has 4 heterocycles. The molecule has 1 aliphatic heterocycles. The van der Waals surface area contributed by atoms with E-state index >= 15 is 8.78 Å². The minimum absolute atomic E-state index is 0.129. The first kappa shape index (κ1) is 33.9. The molecule has 17 heteroatoms. The highest BCUT2D eigenvalue weighted by molar-refractivity contribution is 5.80. The molecule has 1 saturated heterocycles. The highest BCUT2D eigenvalue weighted by Gasteiger charge is 2.58. The summed E-state index contributed by atoms with van der Waals surface area (Å²) in [6.45, 7) is 1.72. The molecule has 1 aliphatic rings. The van der Waals surface area contributed by atoms with Gasteiger partial charge in [-0.05, 0) is 64.5 Å². The van der Waals surface area contributed by atoms with Crippen LogP contribution in [0.4, 0.5) is 42.1 Å². The van der Waals surface area contributed by atoms with Crippen LogP contribution in [0.3, 0.4) is 0 Å². The summed E-state index contributed by atoms with van der Waals surface area (Å²) in [7, 11) is 0. The predicted octanol–water partition coefficient (Wildman–Crippen LogP) is 6.00. The maximum absolute atomic E-state index is 16.1. The third-order valence-corrected chi connectivity index (χ3v) is 8.86. The number of alkyl halides is 5. The third-order valence-electron chi connectivity index (χ3n) is 8.86. The Kier molecular flexibility index (Phi) is 8.61. The monoisotopic (exact) mass is 711 g/mol. The molecule has 2 N–H and O–H groups in total. The Morgan fingerprint density at radius 1 is 0.784 bits per heavy atom. The van der Waals surface area contributed by atoms with Crippen LogP contribution in [0.25, 0.3) is 22.2 Å². The lowest BCUT2D eigenvalue weighted by atomic mass is 9.84. The number of hydrogen-bond donors (Lipinski definition) is 2. The van der Waals surface area contributed by atoms with Gasteiger partial charge in [-0.3, -0.25) is 4.98 Å². The number of fused-ring (bicyclic) bond motifs is 1. The summed E-state index contributed by atoms with van der Waals surface area (Å²) >= 11 is 0. The Balaban J connectivity index is 1.03. The Bertz CT molecular complexity index is 2130. The number of piperazine rings is 1. The minimum atomic E-state index is -4.35. The van der Waals surface area contributed by atoms with Crippen LogP contribution >= 0.6 is 0 Å². The number of imidazole rings is 1. The van der Waals surface area contributed by atoms with Crippen LogP contribution in [-0.2, 0) is 24.5 Å². The fraction of sp³-hybridized carbons (Fsp3) is 0.265. The Morgan fingerprint density at radius 3 is 2.10 bits per heavy atom. The van der Waals surface area contributed by atoms with Gasteiger partial charge in [0, 0.05) is 60.9 Å². The van der Waals surface area contributed by atoms with Crippen LogP contribution in [0.5, 0.6) is 0 Å². The molecule has 51 heavy (non-hydrogen) atoms. The largest absolute Gasteiger partial charge is 0.396 e. The summed E-state index contributed by atoms with van der Waals surface area (Å²) in [5.41, 5.74) is -0.941. The van der Waals surface area contributed by atoms with Gasteiger partial charge in [0.05, 0.1) is 17.6 Å². The van der Waals surface area contributed by atoms with E-state index < -0.39 is 53.6 Å². The van der Waals surface area contributed by atoms with E-state index in [1.54, 1.807) is 12.1 Å². The molecule has 10 nitrogen and oxygen atoms in total. The van der Waals surface area contributed by atoms with Gasteiger partial charge in [0.1, 0.15) is 35.9 Å². The van der Waals surface area contributed by atoms with E-state index in [9.17, 15) is 27.1 Å². The summed E-state index contributed by atoms with van der Waals surface area (Å²) in [6, 6.07) is 17.2. The summed E-state index contributed by atoms with van der Waals surface area (Å²) in [5.74, 6) is -6.69. The second-order valence-electron chi connectivity index (χ2n) is 12.2. The summed E-state index contributed by atoms with van der Waals surface area (Å²) in [6.07, 6.45) is -3.28. The molecule has 0 saturated carbocycles. The van der Waals surface area contributed by atoms with Crippen molar-refractivity contribution < 1.29 is 35.8 Å². The molecule has 7 rings (SSSR count). The van der Waals surface area contributed by atoms with Crippen molar-refractivity contribution in [3.8, 4) is 11.1 Å². The highest BCUT2D eigenvalue weighted by Crippen LogP contribution is 2.47. The van der Waals surface area contributed by atoms with E-state index in [4.69, 9.17) is 0 Å². The number of H-pyrrole nitrogens is 1. The standard InChI is InChI=1S/C34H28F7N9O/c35-23-4-8-26(27(36)15-23)32(51,19-50-20-43-46-47-50)34(40,41)30-10-3-22(18-42-30)21-1-5-24(6-2-21)48-11-13-49(14-12-48)25-7-9-28-29(16-25)45-31(44-28)17-33(37,38)39/h1-10,15-16,18,20,51H,11-14,17,19H2,(H,44,45). The topological polar surface area (TPSA) is 112 Å². The van der Waals surface area contributed by atoms with Gasteiger partial charge in [0.15, 0.2) is 5.60 Å². The van der Waals surface area contributed by atoms with Crippen LogP contribution in [0.1, 0.15) is 17.1 Å². The second-order valence-corrected chi connectivity index (χ2v) is 12.2. The quantitative estimate of drug-likeness (QED) is 0.176. The number of halogens is 7. The molecule has 1 atom stereocenters. The van der Waals surface area contributed by atoms with Crippen LogP contribution in [-0.4, -0.2) is 72.6 Å². The number of anilines is 2. The molecule has 264 valence electrons. The van der Waals surface area contributed by atoms with E-state index in [1.807, 2.05) is 30.3 Å². The molecular weight excluding hydrogens is 683 g/mol. The zero-order valence-corrected chi connectivity index (χ0v) is 26.5. The van der Waals surface area contributed by atoms with Crippen molar-refractivity contribution >= 4 is 22.4 Å². The van der Waals surface area contributed by atoms with Crippen LogP contribution in [0, 0.1) is 11.6 Å². The molecule has 0 aliphatic carbocycles. The van der Waals surface area contributed by atoms with Gasteiger partial charge in [0.2, 0.25) is 0 Å². The number of aromatic amines is 1. The van der Waals surface area contributed by atoms with Crippen molar-refractivity contribution in [1.82, 2.24) is 35.2 Å². The average Bonchev–Trinajstić information content (AvgIpc) is 3.76. The van der Waals surface area contributed by atoms with E-state index in [0.29, 0.717) is 54.4 Å². The van der Waals surface area contributed by atoms with Crippen molar-refractivity contribution in [2.75, 3.05) is 36.0 Å². The SMILES string of the molecule is OC(Cn1cnnn1)(c1ccc(F)cc1F)C(F)(F)c1ccc(-c2ccc(N3CCN(c4ccc5nc(CC(F)(F)F)[nH]c5c4)CC3)cc2)cn1. The van der Waals surface area contributed by atoms with Gasteiger partial charge in [-0.1, -0.05) is 18.2 Å². The number of tetrazole rings is 1. The second kappa shape index (κ2) is 12.9. The lowest BCUT2D eigenvalue weighted by molar-refractivity contribution is -0.207. The molecule has 1 fully saturated rings. The van der Waals surface area contributed by atoms with Crippen molar-refractivity contribution in [2.24, 2.45) is 0 Å². The number of nitrogens with zero attached hydrogens (tertiary/aromatic N) is 8. The van der Waals surface area contributed by atoms with Gasteiger partial charge < -0.3 is 19.9 Å². The normalized spacial score (nSPS) is 15.4. The first-order valence-electron chi connectivity index (χ1n) is 15.7. The average molecular weight is 712 g/mol.